The maximum Gasteiger partial charge on any atom is 0.0972 e. The van der Waals surface area contributed by atoms with E-state index in [1.165, 1.54) is 6.21 Å². The van der Waals surface area contributed by atoms with Crippen LogP contribution in [0.3, 0.4) is 0 Å². The molecule has 0 aromatic heterocycles. The van der Waals surface area contributed by atoms with Gasteiger partial charge in [-0.2, -0.15) is 10.2 Å². The van der Waals surface area contributed by atoms with Gasteiger partial charge in [-0.3, -0.25) is 5.41 Å². The quantitative estimate of drug-likeness (QED) is 0.454. The zero-order valence-corrected chi connectivity index (χ0v) is 3.97. The molecule has 36 valence electrons. The van der Waals surface area contributed by atoms with Crippen molar-refractivity contribution in [3.63, 3.8) is 0 Å². The lowest BCUT2D eigenvalue weighted by molar-refractivity contribution is 1.27. The second kappa shape index (κ2) is 1.26. The van der Waals surface area contributed by atoms with Gasteiger partial charge in [-0.15, -0.1) is 0 Å². The van der Waals surface area contributed by atoms with Crippen molar-refractivity contribution in [3.05, 3.63) is 0 Å². The minimum Gasteiger partial charge on any atom is -0.297 e. The molecule has 1 N–H and O–H groups in total. The molecule has 0 radical (unpaired) electrons. The molecular formula is C4H5N3. The molecule has 1 rings (SSSR count). The van der Waals surface area contributed by atoms with Gasteiger partial charge in [-0.25, -0.2) is 0 Å². The summed E-state index contributed by atoms with van der Waals surface area (Å²) in [4.78, 5) is 0. The van der Waals surface area contributed by atoms with E-state index in [1.807, 2.05) is 0 Å². The van der Waals surface area contributed by atoms with Crippen LogP contribution in [0.1, 0.15) is 6.92 Å². The Morgan fingerprint density at radius 2 is 2.43 bits per heavy atom. The van der Waals surface area contributed by atoms with Crippen molar-refractivity contribution >= 4 is 17.6 Å². The minimum absolute atomic E-state index is 0.417. The van der Waals surface area contributed by atoms with Gasteiger partial charge >= 0.3 is 0 Å². The summed E-state index contributed by atoms with van der Waals surface area (Å²) in [6.07, 6.45) is 1.43. The summed E-state index contributed by atoms with van der Waals surface area (Å²) in [6, 6.07) is 0. The Labute approximate surface area is 41.3 Å². The van der Waals surface area contributed by atoms with Crippen LogP contribution >= 0.6 is 0 Å². The predicted octanol–water partition coefficient (Wildman–Crippen LogP) is 0.466. The van der Waals surface area contributed by atoms with Crippen molar-refractivity contribution in [2.75, 3.05) is 0 Å². The van der Waals surface area contributed by atoms with Crippen LogP contribution in [0.5, 0.6) is 0 Å². The van der Waals surface area contributed by atoms with Crippen LogP contribution in [-0.4, -0.2) is 17.6 Å². The fourth-order valence-corrected chi connectivity index (χ4v) is 0.320. The van der Waals surface area contributed by atoms with E-state index in [9.17, 15) is 0 Å². The van der Waals surface area contributed by atoms with Crippen LogP contribution in [0.4, 0.5) is 0 Å². The second-order valence-electron chi connectivity index (χ2n) is 1.34. The number of nitrogens with zero attached hydrogens (tertiary/aromatic N) is 2. The van der Waals surface area contributed by atoms with E-state index in [2.05, 4.69) is 10.2 Å². The monoisotopic (exact) mass is 95.0 g/mol. The lowest BCUT2D eigenvalue weighted by Gasteiger charge is -1.78. The van der Waals surface area contributed by atoms with E-state index in [0.29, 0.717) is 11.4 Å². The zero-order valence-electron chi connectivity index (χ0n) is 3.97. The summed E-state index contributed by atoms with van der Waals surface area (Å²) >= 11 is 0. The van der Waals surface area contributed by atoms with Crippen molar-refractivity contribution in [3.8, 4) is 0 Å². The fourth-order valence-electron chi connectivity index (χ4n) is 0.320. The smallest absolute Gasteiger partial charge is 0.0972 e. The summed E-state index contributed by atoms with van der Waals surface area (Å²) in [5, 5.41) is 14.0. The average molecular weight is 95.1 g/mol. The molecule has 1 aliphatic rings. The van der Waals surface area contributed by atoms with Gasteiger partial charge in [0, 0.05) is 0 Å². The van der Waals surface area contributed by atoms with Crippen LogP contribution in [0, 0.1) is 5.41 Å². The lowest BCUT2D eigenvalue weighted by Crippen LogP contribution is -2.03. The number of rotatable bonds is 0. The average Bonchev–Trinajstić information content (AvgIpc) is 1.91. The van der Waals surface area contributed by atoms with Crippen molar-refractivity contribution in [1.29, 1.82) is 5.41 Å². The first-order chi connectivity index (χ1) is 3.30. The molecule has 3 nitrogen and oxygen atoms in total. The first-order valence-electron chi connectivity index (χ1n) is 1.97. The minimum atomic E-state index is 0.417. The van der Waals surface area contributed by atoms with Gasteiger partial charge in [-0.1, -0.05) is 0 Å². The van der Waals surface area contributed by atoms with Gasteiger partial charge in [-0.05, 0) is 6.92 Å². The van der Waals surface area contributed by atoms with Gasteiger partial charge < -0.3 is 0 Å². The Hall–Kier alpha value is -0.990. The van der Waals surface area contributed by atoms with E-state index >= 15 is 0 Å². The van der Waals surface area contributed by atoms with Crippen molar-refractivity contribution in [2.45, 2.75) is 6.92 Å². The molecule has 0 bridgehead atoms. The molecule has 0 unspecified atom stereocenters. The van der Waals surface area contributed by atoms with Crippen LogP contribution in [-0.2, 0) is 0 Å². The van der Waals surface area contributed by atoms with Crippen LogP contribution in [0.15, 0.2) is 10.2 Å². The molecule has 1 heterocycles. The fraction of sp³-hybridized carbons (Fsp3) is 0.250. The highest BCUT2D eigenvalue weighted by Crippen LogP contribution is 1.87. The number of hydrogen-bond donors (Lipinski definition) is 1. The maximum atomic E-state index is 6.97. The Bertz CT molecular complexity index is 154. The van der Waals surface area contributed by atoms with E-state index in [0.717, 1.165) is 0 Å². The lowest BCUT2D eigenvalue weighted by atomic mass is 10.3. The highest BCUT2D eigenvalue weighted by molar-refractivity contribution is 6.62. The Balaban J connectivity index is 2.89. The summed E-state index contributed by atoms with van der Waals surface area (Å²) < 4.78 is 0. The number of nitrogens with one attached hydrogen (secondary N) is 1. The molecule has 0 amide bonds. The Morgan fingerprint density at radius 3 is 2.57 bits per heavy atom. The highest BCUT2D eigenvalue weighted by Gasteiger charge is 2.00. The van der Waals surface area contributed by atoms with Gasteiger partial charge in [0.25, 0.3) is 0 Å². The third kappa shape index (κ3) is 0.559. The first kappa shape index (κ1) is 4.18. The molecule has 1 aliphatic heterocycles. The topological polar surface area (TPSA) is 48.6 Å². The normalized spacial score (nSPS) is 17.9. The summed E-state index contributed by atoms with van der Waals surface area (Å²) in [6.45, 7) is 1.76. The Morgan fingerprint density at radius 1 is 1.71 bits per heavy atom. The van der Waals surface area contributed by atoms with Crippen LogP contribution in [0.25, 0.3) is 0 Å². The summed E-state index contributed by atoms with van der Waals surface area (Å²) in [5.74, 6) is 0. The van der Waals surface area contributed by atoms with E-state index in [-0.39, 0.29) is 0 Å². The molecule has 0 aliphatic carbocycles. The highest BCUT2D eigenvalue weighted by atomic mass is 15.2. The maximum absolute atomic E-state index is 6.97. The van der Waals surface area contributed by atoms with E-state index < -0.39 is 0 Å². The SMILES string of the molecule is CC1=NN=CC1=N. The van der Waals surface area contributed by atoms with Crippen molar-refractivity contribution < 1.29 is 0 Å². The predicted molar refractivity (Wildman–Crippen MR) is 29.3 cm³/mol. The van der Waals surface area contributed by atoms with Gasteiger partial charge in [0.1, 0.15) is 0 Å². The first-order valence-corrected chi connectivity index (χ1v) is 1.97. The molecule has 3 heteroatoms. The van der Waals surface area contributed by atoms with Gasteiger partial charge in [0.2, 0.25) is 0 Å². The molecule has 0 atom stereocenters. The van der Waals surface area contributed by atoms with Crippen LogP contribution < -0.4 is 0 Å². The number of hydrogen-bond acceptors (Lipinski definition) is 3. The zero-order chi connectivity index (χ0) is 5.28. The summed E-state index contributed by atoms with van der Waals surface area (Å²) in [5.41, 5.74) is 1.11. The second-order valence-corrected chi connectivity index (χ2v) is 1.34. The molecule has 0 saturated heterocycles. The van der Waals surface area contributed by atoms with Crippen LogP contribution in [0.2, 0.25) is 0 Å². The van der Waals surface area contributed by atoms with Crippen molar-refractivity contribution in [2.24, 2.45) is 10.2 Å². The molecule has 7 heavy (non-hydrogen) atoms. The largest absolute Gasteiger partial charge is 0.297 e. The third-order valence-corrected chi connectivity index (χ3v) is 0.784. The van der Waals surface area contributed by atoms with Gasteiger partial charge in [0.05, 0.1) is 17.6 Å². The summed E-state index contributed by atoms with van der Waals surface area (Å²) in [7, 11) is 0. The van der Waals surface area contributed by atoms with Gasteiger partial charge in [0.15, 0.2) is 0 Å². The molecule has 0 spiro atoms. The third-order valence-electron chi connectivity index (χ3n) is 0.784. The van der Waals surface area contributed by atoms with E-state index in [4.69, 9.17) is 5.41 Å². The molecule has 0 fully saturated rings. The molecule has 0 saturated carbocycles. The van der Waals surface area contributed by atoms with E-state index in [1.54, 1.807) is 6.92 Å². The molecule has 0 aromatic rings. The standard InChI is InChI=1S/C4H5N3/c1-3-4(5)2-6-7-3/h2,5H,1H3. The molecule has 0 aromatic carbocycles. The Kier molecular flexibility index (Phi) is 0.749. The van der Waals surface area contributed by atoms with Crippen molar-refractivity contribution in [1.82, 2.24) is 0 Å². The molecular weight excluding hydrogens is 90.1 g/mol.